The molecular weight excluding hydrogens is 340 g/mol. The third-order valence-corrected chi connectivity index (χ3v) is 4.08. The molecule has 5 nitrogen and oxygen atoms in total. The van der Waals surface area contributed by atoms with Crippen molar-refractivity contribution in [1.82, 2.24) is 0 Å². The molecule has 2 aromatic carbocycles. The lowest BCUT2D eigenvalue weighted by Crippen LogP contribution is -2.14. The summed E-state index contributed by atoms with van der Waals surface area (Å²) >= 11 is 0. The van der Waals surface area contributed by atoms with Crippen LogP contribution in [0.3, 0.4) is 0 Å². The second-order valence-electron chi connectivity index (χ2n) is 6.45. The molecule has 0 bridgehead atoms. The summed E-state index contributed by atoms with van der Waals surface area (Å²) in [6, 6.07) is 12.9. The smallest absolute Gasteiger partial charge is 0.266 e. The quantitative estimate of drug-likeness (QED) is 0.598. The van der Waals surface area contributed by atoms with E-state index in [0.29, 0.717) is 22.7 Å². The summed E-state index contributed by atoms with van der Waals surface area (Å²) in [7, 11) is 1.55. The third-order valence-electron chi connectivity index (χ3n) is 4.08. The summed E-state index contributed by atoms with van der Waals surface area (Å²) in [5.74, 6) is 0.709. The molecule has 0 atom stereocenters. The third kappa shape index (κ3) is 5.11. The van der Waals surface area contributed by atoms with Crippen molar-refractivity contribution >= 4 is 17.7 Å². The zero-order valence-electron chi connectivity index (χ0n) is 16.3. The van der Waals surface area contributed by atoms with Crippen LogP contribution in [-0.4, -0.2) is 19.1 Å². The maximum Gasteiger partial charge on any atom is 0.266 e. The predicted octanol–water partition coefficient (Wildman–Crippen LogP) is 4.64. The van der Waals surface area contributed by atoms with Gasteiger partial charge < -0.3 is 14.8 Å². The predicted molar refractivity (Wildman–Crippen MR) is 107 cm³/mol. The van der Waals surface area contributed by atoms with Gasteiger partial charge >= 0.3 is 0 Å². The van der Waals surface area contributed by atoms with E-state index in [4.69, 9.17) is 9.47 Å². The van der Waals surface area contributed by atoms with Crippen LogP contribution in [0.1, 0.15) is 30.5 Å². The van der Waals surface area contributed by atoms with Crippen LogP contribution in [0, 0.1) is 25.2 Å². The Balaban J connectivity index is 2.28. The van der Waals surface area contributed by atoms with Crippen LogP contribution >= 0.6 is 0 Å². The minimum absolute atomic E-state index is 0.00971. The number of benzene rings is 2. The molecule has 2 aromatic rings. The molecule has 2 rings (SSSR count). The first kappa shape index (κ1) is 20.1. The maximum atomic E-state index is 12.5. The van der Waals surface area contributed by atoms with Gasteiger partial charge in [-0.1, -0.05) is 18.2 Å². The molecule has 0 saturated carbocycles. The van der Waals surface area contributed by atoms with Crippen LogP contribution in [0.2, 0.25) is 0 Å². The van der Waals surface area contributed by atoms with Crippen LogP contribution in [0.4, 0.5) is 5.69 Å². The van der Waals surface area contributed by atoms with Crippen LogP contribution in [0.5, 0.6) is 11.5 Å². The molecule has 140 valence electrons. The van der Waals surface area contributed by atoms with E-state index >= 15 is 0 Å². The van der Waals surface area contributed by atoms with Crippen molar-refractivity contribution < 1.29 is 14.3 Å². The Hall–Kier alpha value is -3.26. The van der Waals surface area contributed by atoms with Gasteiger partial charge in [0.1, 0.15) is 11.6 Å². The molecule has 0 radical (unpaired) electrons. The molecule has 0 spiro atoms. The SMILES string of the molecule is COc1cc(/C=C(\C#N)C(=O)Nc2cccc(C)c2C)ccc1OC(C)C. The zero-order valence-corrected chi connectivity index (χ0v) is 16.3. The van der Waals surface area contributed by atoms with E-state index in [2.05, 4.69) is 5.32 Å². The number of hydrogen-bond donors (Lipinski definition) is 1. The molecule has 0 heterocycles. The lowest BCUT2D eigenvalue weighted by Gasteiger charge is -2.14. The number of carbonyl (C=O) groups excluding carboxylic acids is 1. The van der Waals surface area contributed by atoms with Crippen LogP contribution in [0.15, 0.2) is 42.0 Å². The van der Waals surface area contributed by atoms with E-state index in [1.54, 1.807) is 25.3 Å². The Kier molecular flexibility index (Phi) is 6.62. The highest BCUT2D eigenvalue weighted by atomic mass is 16.5. The Morgan fingerprint density at radius 2 is 1.93 bits per heavy atom. The van der Waals surface area contributed by atoms with Crippen LogP contribution in [-0.2, 0) is 4.79 Å². The molecular formula is C22H24N2O3. The van der Waals surface area contributed by atoms with Crippen molar-refractivity contribution in [3.63, 3.8) is 0 Å². The molecule has 1 amide bonds. The second-order valence-corrected chi connectivity index (χ2v) is 6.45. The molecule has 0 fully saturated rings. The first-order valence-corrected chi connectivity index (χ1v) is 8.69. The first-order chi connectivity index (χ1) is 12.8. The van der Waals surface area contributed by atoms with Crippen molar-refractivity contribution in [2.45, 2.75) is 33.8 Å². The second kappa shape index (κ2) is 8.91. The van der Waals surface area contributed by atoms with E-state index in [1.807, 2.05) is 52.0 Å². The summed E-state index contributed by atoms with van der Waals surface area (Å²) in [4.78, 5) is 12.5. The fourth-order valence-corrected chi connectivity index (χ4v) is 2.52. The van der Waals surface area contributed by atoms with Gasteiger partial charge in [-0.2, -0.15) is 5.26 Å². The normalized spacial score (nSPS) is 11.1. The van der Waals surface area contributed by atoms with Gasteiger partial charge in [0.05, 0.1) is 13.2 Å². The van der Waals surface area contributed by atoms with Gasteiger partial charge in [-0.25, -0.2) is 0 Å². The van der Waals surface area contributed by atoms with E-state index in [1.165, 1.54) is 6.08 Å². The van der Waals surface area contributed by atoms with E-state index < -0.39 is 5.91 Å². The lowest BCUT2D eigenvalue weighted by molar-refractivity contribution is -0.112. The number of anilines is 1. The van der Waals surface area contributed by atoms with Crippen molar-refractivity contribution in [1.29, 1.82) is 5.26 Å². The molecule has 27 heavy (non-hydrogen) atoms. The maximum absolute atomic E-state index is 12.5. The Morgan fingerprint density at radius 3 is 2.56 bits per heavy atom. The molecule has 0 aliphatic carbocycles. The minimum Gasteiger partial charge on any atom is -0.493 e. The average Bonchev–Trinajstić information content (AvgIpc) is 2.63. The summed E-state index contributed by atoms with van der Waals surface area (Å²) in [5.41, 5.74) is 3.42. The lowest BCUT2D eigenvalue weighted by atomic mass is 10.1. The van der Waals surface area contributed by atoms with Gasteiger partial charge in [-0.3, -0.25) is 4.79 Å². The van der Waals surface area contributed by atoms with Crippen molar-refractivity contribution in [2.24, 2.45) is 0 Å². The molecule has 0 aromatic heterocycles. The van der Waals surface area contributed by atoms with E-state index in [9.17, 15) is 10.1 Å². The number of hydrogen-bond acceptors (Lipinski definition) is 4. The molecule has 0 aliphatic heterocycles. The van der Waals surface area contributed by atoms with Crippen molar-refractivity contribution in [3.8, 4) is 17.6 Å². The van der Waals surface area contributed by atoms with E-state index in [0.717, 1.165) is 11.1 Å². The number of methoxy groups -OCH3 is 1. The summed E-state index contributed by atoms with van der Waals surface area (Å²) < 4.78 is 11.0. The zero-order chi connectivity index (χ0) is 20.0. The average molecular weight is 364 g/mol. The Morgan fingerprint density at radius 1 is 1.19 bits per heavy atom. The Bertz CT molecular complexity index is 908. The van der Waals surface area contributed by atoms with Crippen LogP contribution < -0.4 is 14.8 Å². The summed E-state index contributed by atoms with van der Waals surface area (Å²) in [6.45, 7) is 7.76. The van der Waals surface area contributed by atoms with Crippen molar-refractivity contribution in [2.75, 3.05) is 12.4 Å². The number of ether oxygens (including phenoxy) is 2. The molecule has 5 heteroatoms. The number of nitrogens with one attached hydrogen (secondary N) is 1. The highest BCUT2D eigenvalue weighted by Gasteiger charge is 2.13. The van der Waals surface area contributed by atoms with Gasteiger partial charge in [0, 0.05) is 5.69 Å². The number of carbonyl (C=O) groups is 1. The van der Waals surface area contributed by atoms with Crippen LogP contribution in [0.25, 0.3) is 6.08 Å². The monoisotopic (exact) mass is 364 g/mol. The molecule has 0 saturated heterocycles. The molecule has 1 N–H and O–H groups in total. The number of rotatable bonds is 6. The molecule has 0 unspecified atom stereocenters. The fourth-order valence-electron chi connectivity index (χ4n) is 2.52. The van der Waals surface area contributed by atoms with Gasteiger partial charge in [0.2, 0.25) is 0 Å². The highest BCUT2D eigenvalue weighted by molar-refractivity contribution is 6.10. The number of nitrogens with zero attached hydrogens (tertiary/aromatic N) is 1. The fraction of sp³-hybridized carbons (Fsp3) is 0.273. The standard InChI is InChI=1S/C22H24N2O3/c1-14(2)27-20-10-9-17(12-21(20)26-5)11-18(13-23)22(25)24-19-8-6-7-15(3)16(19)4/h6-12,14H,1-5H3,(H,24,25)/b18-11+. The largest absolute Gasteiger partial charge is 0.493 e. The van der Waals surface area contributed by atoms with Gasteiger partial charge in [-0.05, 0) is 68.7 Å². The number of amides is 1. The van der Waals surface area contributed by atoms with Crippen molar-refractivity contribution in [3.05, 3.63) is 58.7 Å². The number of aryl methyl sites for hydroxylation is 1. The topological polar surface area (TPSA) is 71.3 Å². The van der Waals surface area contributed by atoms with E-state index in [-0.39, 0.29) is 11.7 Å². The van der Waals surface area contributed by atoms with Gasteiger partial charge in [0.15, 0.2) is 11.5 Å². The number of nitriles is 1. The Labute approximate surface area is 160 Å². The van der Waals surface area contributed by atoms with Gasteiger partial charge in [-0.15, -0.1) is 0 Å². The molecule has 0 aliphatic rings. The summed E-state index contributed by atoms with van der Waals surface area (Å²) in [6.07, 6.45) is 1.54. The minimum atomic E-state index is -0.451. The first-order valence-electron chi connectivity index (χ1n) is 8.69. The van der Waals surface area contributed by atoms with Gasteiger partial charge in [0.25, 0.3) is 5.91 Å². The highest BCUT2D eigenvalue weighted by Crippen LogP contribution is 2.30. The summed E-state index contributed by atoms with van der Waals surface area (Å²) in [5, 5.41) is 12.2.